The van der Waals surface area contributed by atoms with Gasteiger partial charge in [-0.25, -0.2) is 4.98 Å². The van der Waals surface area contributed by atoms with E-state index in [9.17, 15) is 13.6 Å². The van der Waals surface area contributed by atoms with Crippen LogP contribution in [0, 0.1) is 5.92 Å². The molecule has 0 radical (unpaired) electrons. The molecule has 1 aliphatic carbocycles. The van der Waals surface area contributed by atoms with Gasteiger partial charge in [0, 0.05) is 19.9 Å². The van der Waals surface area contributed by atoms with Crippen LogP contribution in [0.25, 0.3) is 10.2 Å². The lowest BCUT2D eigenvalue weighted by Crippen LogP contribution is -2.40. The van der Waals surface area contributed by atoms with Crippen molar-refractivity contribution in [1.82, 2.24) is 10.3 Å². The van der Waals surface area contributed by atoms with Gasteiger partial charge in [-0.15, -0.1) is 11.3 Å². The van der Waals surface area contributed by atoms with E-state index >= 15 is 0 Å². The van der Waals surface area contributed by atoms with Gasteiger partial charge >= 0.3 is 0 Å². The minimum atomic E-state index is -2.93. The Morgan fingerprint density at radius 3 is 2.85 bits per heavy atom. The van der Waals surface area contributed by atoms with Crippen molar-refractivity contribution >= 4 is 27.5 Å². The van der Waals surface area contributed by atoms with Crippen molar-refractivity contribution in [3.63, 3.8) is 0 Å². The maximum Gasteiger partial charge on any atom is 0.296 e. The molecule has 1 aliphatic rings. The van der Waals surface area contributed by atoms with Crippen LogP contribution < -0.4 is 10.1 Å². The molecule has 5 nitrogen and oxygen atoms in total. The first-order valence-corrected chi connectivity index (χ1v) is 9.82. The molecule has 1 saturated carbocycles. The summed E-state index contributed by atoms with van der Waals surface area (Å²) in [6, 6.07) is 5.25. The number of benzene rings is 1. The number of amides is 1. The van der Waals surface area contributed by atoms with Gasteiger partial charge in [-0.3, -0.25) is 4.79 Å². The second-order valence-electron chi connectivity index (χ2n) is 7.24. The number of carbonyl (C=O) groups excluding carboxylic acids is 1. The molecule has 1 aromatic carbocycles. The molecule has 0 spiro atoms. The lowest BCUT2D eigenvalue weighted by Gasteiger charge is -2.35. The summed E-state index contributed by atoms with van der Waals surface area (Å²) in [4.78, 5) is 14.9. The molecule has 8 heteroatoms. The molecule has 27 heavy (non-hydrogen) atoms. The largest absolute Gasteiger partial charge is 0.493 e. The summed E-state index contributed by atoms with van der Waals surface area (Å²) in [6.07, 6.45) is 2.04. The Hall–Kier alpha value is -1.80. The quantitative estimate of drug-likeness (QED) is 0.727. The molecule has 0 aliphatic heterocycles. The summed E-state index contributed by atoms with van der Waals surface area (Å²) < 4.78 is 39.1. The Kier molecular flexibility index (Phi) is 5.95. The zero-order valence-corrected chi connectivity index (χ0v) is 16.4. The van der Waals surface area contributed by atoms with Gasteiger partial charge in [0.15, 0.2) is 5.01 Å². The standard InChI is InChI=1S/C19H24F2N2O3S/c1-11(22-12(2)24)9-25-15-6-13(7-15)10-26-14-4-5-16-17(8-14)27-18(23-16)19(3,20)21/h4-5,8,11,13,15H,6-7,9-10H2,1-3H3,(H,22,24)/t11-,13-,15-/m0/s1. The van der Waals surface area contributed by atoms with Crippen molar-refractivity contribution in [2.75, 3.05) is 13.2 Å². The third-order valence-electron chi connectivity index (χ3n) is 4.45. The number of rotatable bonds is 8. The topological polar surface area (TPSA) is 60.5 Å². The number of ether oxygens (including phenoxy) is 2. The van der Waals surface area contributed by atoms with Crippen LogP contribution in [0.3, 0.4) is 0 Å². The van der Waals surface area contributed by atoms with E-state index in [0.717, 1.165) is 31.1 Å². The van der Waals surface area contributed by atoms with Crippen molar-refractivity contribution in [3.8, 4) is 5.75 Å². The first kappa shape index (κ1) is 19.9. The molecule has 0 unspecified atom stereocenters. The molecule has 1 N–H and O–H groups in total. The number of hydrogen-bond acceptors (Lipinski definition) is 5. The molecule has 148 valence electrons. The summed E-state index contributed by atoms with van der Waals surface area (Å²) in [6.45, 7) is 5.34. The number of halogens is 2. The van der Waals surface area contributed by atoms with Gasteiger partial charge in [-0.1, -0.05) is 0 Å². The van der Waals surface area contributed by atoms with Gasteiger partial charge in [0.2, 0.25) is 5.91 Å². The molecule has 1 atom stereocenters. The Bertz CT molecular complexity index is 800. The number of nitrogens with one attached hydrogen (secondary N) is 1. The van der Waals surface area contributed by atoms with Gasteiger partial charge in [-0.2, -0.15) is 8.78 Å². The van der Waals surface area contributed by atoms with E-state index in [2.05, 4.69) is 10.3 Å². The Labute approximate surface area is 161 Å². The van der Waals surface area contributed by atoms with Gasteiger partial charge < -0.3 is 14.8 Å². The van der Waals surface area contributed by atoms with Gasteiger partial charge in [0.1, 0.15) is 5.75 Å². The van der Waals surface area contributed by atoms with Crippen LogP contribution in [0.2, 0.25) is 0 Å². The average molecular weight is 398 g/mol. The maximum atomic E-state index is 13.4. The van der Waals surface area contributed by atoms with Crippen LogP contribution in [-0.4, -0.2) is 36.3 Å². The number of carbonyl (C=O) groups is 1. The van der Waals surface area contributed by atoms with Crippen LogP contribution in [-0.2, 0) is 15.5 Å². The fourth-order valence-electron chi connectivity index (χ4n) is 3.01. The number of hydrogen-bond donors (Lipinski definition) is 1. The SMILES string of the molecule is CC(=O)N[C@@H](C)CO[C@H]1C[C@H](COc2ccc3nc(C(C)(F)F)sc3c2)C1. The van der Waals surface area contributed by atoms with Crippen LogP contribution in [0.15, 0.2) is 18.2 Å². The van der Waals surface area contributed by atoms with Crippen LogP contribution in [0.1, 0.15) is 38.6 Å². The molecule has 1 aromatic heterocycles. The van der Waals surface area contributed by atoms with E-state index in [1.165, 1.54) is 6.92 Å². The zero-order chi connectivity index (χ0) is 19.6. The smallest absolute Gasteiger partial charge is 0.296 e. The second kappa shape index (κ2) is 8.06. The number of nitrogens with zero attached hydrogens (tertiary/aromatic N) is 1. The van der Waals surface area contributed by atoms with Crippen molar-refractivity contribution in [2.24, 2.45) is 5.92 Å². The van der Waals surface area contributed by atoms with Crippen molar-refractivity contribution in [1.29, 1.82) is 0 Å². The van der Waals surface area contributed by atoms with Gasteiger partial charge in [0.05, 0.1) is 29.5 Å². The molecular weight excluding hydrogens is 374 g/mol. The summed E-state index contributed by atoms with van der Waals surface area (Å²) in [5.41, 5.74) is 0.564. The summed E-state index contributed by atoms with van der Waals surface area (Å²) in [5.74, 6) is -1.90. The zero-order valence-electron chi connectivity index (χ0n) is 15.6. The fraction of sp³-hybridized carbons (Fsp3) is 0.579. The minimum absolute atomic E-state index is 0.00400. The molecule has 3 rings (SSSR count). The number of fused-ring (bicyclic) bond motifs is 1. The summed E-state index contributed by atoms with van der Waals surface area (Å²) in [5, 5.41) is 2.61. The third kappa shape index (κ3) is 5.35. The molecular formula is C19H24F2N2O3S. The maximum absolute atomic E-state index is 13.4. The Morgan fingerprint density at radius 1 is 1.44 bits per heavy atom. The lowest BCUT2D eigenvalue weighted by molar-refractivity contribution is -0.120. The van der Waals surface area contributed by atoms with Crippen molar-refractivity contribution in [3.05, 3.63) is 23.2 Å². The van der Waals surface area contributed by atoms with Crippen LogP contribution >= 0.6 is 11.3 Å². The first-order chi connectivity index (χ1) is 12.7. The predicted octanol–water partition coefficient (Wildman–Crippen LogP) is 4.11. The first-order valence-electron chi connectivity index (χ1n) is 9.01. The fourth-order valence-corrected chi connectivity index (χ4v) is 3.94. The summed E-state index contributed by atoms with van der Waals surface area (Å²) >= 11 is 0.995. The van der Waals surface area contributed by atoms with E-state index in [4.69, 9.17) is 9.47 Å². The van der Waals surface area contributed by atoms with E-state index in [1.54, 1.807) is 18.2 Å². The number of thiazole rings is 1. The highest BCUT2D eigenvalue weighted by molar-refractivity contribution is 7.18. The van der Waals surface area contributed by atoms with Crippen LogP contribution in [0.4, 0.5) is 8.78 Å². The lowest BCUT2D eigenvalue weighted by atomic mass is 9.83. The van der Waals surface area contributed by atoms with E-state index in [1.807, 2.05) is 6.92 Å². The van der Waals surface area contributed by atoms with E-state index in [-0.39, 0.29) is 23.1 Å². The Balaban J connectivity index is 1.43. The third-order valence-corrected chi connectivity index (χ3v) is 5.64. The predicted molar refractivity (Wildman–Crippen MR) is 100 cm³/mol. The highest BCUT2D eigenvalue weighted by atomic mass is 32.1. The Morgan fingerprint density at radius 2 is 2.19 bits per heavy atom. The molecule has 1 amide bonds. The minimum Gasteiger partial charge on any atom is -0.493 e. The van der Waals surface area contributed by atoms with Crippen molar-refractivity contribution in [2.45, 2.75) is 51.7 Å². The van der Waals surface area contributed by atoms with Gasteiger partial charge in [0.25, 0.3) is 5.92 Å². The van der Waals surface area contributed by atoms with Gasteiger partial charge in [-0.05, 0) is 43.9 Å². The number of alkyl halides is 2. The van der Waals surface area contributed by atoms with E-state index in [0.29, 0.717) is 35.1 Å². The summed E-state index contributed by atoms with van der Waals surface area (Å²) in [7, 11) is 0. The highest BCUT2D eigenvalue weighted by Crippen LogP contribution is 2.36. The molecule has 2 aromatic rings. The average Bonchev–Trinajstić information content (AvgIpc) is 2.95. The molecule has 0 bridgehead atoms. The molecule has 1 heterocycles. The number of aromatic nitrogens is 1. The van der Waals surface area contributed by atoms with E-state index < -0.39 is 5.92 Å². The van der Waals surface area contributed by atoms with Crippen LogP contribution in [0.5, 0.6) is 5.75 Å². The second-order valence-corrected chi connectivity index (χ2v) is 8.27. The molecule has 0 saturated heterocycles. The normalized spacial score (nSPS) is 20.9. The monoisotopic (exact) mass is 398 g/mol. The molecule has 1 fully saturated rings. The highest BCUT2D eigenvalue weighted by Gasteiger charge is 2.31. The van der Waals surface area contributed by atoms with Crippen molar-refractivity contribution < 1.29 is 23.0 Å².